The van der Waals surface area contributed by atoms with Crippen molar-refractivity contribution in [2.45, 2.75) is 19.4 Å². The van der Waals surface area contributed by atoms with E-state index in [1.165, 1.54) is 0 Å². The Hall–Kier alpha value is -1.13. The van der Waals surface area contributed by atoms with Crippen molar-refractivity contribution >= 4 is 32.6 Å². The van der Waals surface area contributed by atoms with Crippen LogP contribution in [0, 0.1) is 5.92 Å². The van der Waals surface area contributed by atoms with Crippen LogP contribution in [0.2, 0.25) is 0 Å². The second-order valence-corrected chi connectivity index (χ2v) is 5.73. The quantitative estimate of drug-likeness (QED) is 0.862. The third kappa shape index (κ3) is 1.89. The Balaban J connectivity index is 2.01. The summed E-state index contributed by atoms with van der Waals surface area (Å²) in [5.74, 6) is 0.395. The molecule has 18 heavy (non-hydrogen) atoms. The first-order chi connectivity index (χ1) is 8.66. The van der Waals surface area contributed by atoms with E-state index in [0.717, 1.165) is 27.4 Å². The standard InChI is InChI=1S/C14H14BrNO2/c1-8-4-5-18-14(8)13(17)11-7-16-12-6-9(15)2-3-10(11)12/h2-3,6-8,14,16H,4-5H2,1H3. The number of benzene rings is 1. The van der Waals surface area contributed by atoms with E-state index in [2.05, 4.69) is 27.8 Å². The molecule has 0 spiro atoms. The average Bonchev–Trinajstić information content (AvgIpc) is 2.94. The lowest BCUT2D eigenvalue weighted by Gasteiger charge is -2.12. The molecule has 2 heterocycles. The topological polar surface area (TPSA) is 42.1 Å². The highest BCUT2D eigenvalue weighted by molar-refractivity contribution is 9.10. The van der Waals surface area contributed by atoms with Gasteiger partial charge in [-0.1, -0.05) is 28.9 Å². The molecule has 94 valence electrons. The summed E-state index contributed by atoms with van der Waals surface area (Å²) in [5, 5.41) is 0.964. The van der Waals surface area contributed by atoms with E-state index in [4.69, 9.17) is 4.74 Å². The summed E-state index contributed by atoms with van der Waals surface area (Å²) >= 11 is 3.42. The second kappa shape index (κ2) is 4.52. The Morgan fingerprint density at radius 1 is 1.50 bits per heavy atom. The number of nitrogens with one attached hydrogen (secondary N) is 1. The minimum Gasteiger partial charge on any atom is -0.370 e. The Morgan fingerprint density at radius 3 is 3.06 bits per heavy atom. The first-order valence-electron chi connectivity index (χ1n) is 6.09. The highest BCUT2D eigenvalue weighted by Gasteiger charge is 2.32. The minimum atomic E-state index is -0.285. The number of aromatic nitrogens is 1. The fourth-order valence-corrected chi connectivity index (χ4v) is 2.85. The van der Waals surface area contributed by atoms with Crippen LogP contribution in [0.1, 0.15) is 23.7 Å². The van der Waals surface area contributed by atoms with Crippen LogP contribution < -0.4 is 0 Å². The lowest BCUT2D eigenvalue weighted by atomic mass is 9.96. The maximum absolute atomic E-state index is 12.5. The molecule has 4 heteroatoms. The molecule has 3 nitrogen and oxygen atoms in total. The Bertz CT molecular complexity index is 605. The lowest BCUT2D eigenvalue weighted by molar-refractivity contribution is 0.0581. The number of hydrogen-bond acceptors (Lipinski definition) is 2. The van der Waals surface area contributed by atoms with Crippen molar-refractivity contribution in [3.63, 3.8) is 0 Å². The van der Waals surface area contributed by atoms with Crippen molar-refractivity contribution in [1.82, 2.24) is 4.98 Å². The molecule has 0 saturated carbocycles. The zero-order valence-corrected chi connectivity index (χ0v) is 11.7. The van der Waals surface area contributed by atoms with Crippen LogP contribution in [0.25, 0.3) is 10.9 Å². The third-order valence-corrected chi connectivity index (χ3v) is 4.05. The third-order valence-electron chi connectivity index (χ3n) is 3.56. The van der Waals surface area contributed by atoms with Crippen molar-refractivity contribution in [2.24, 2.45) is 5.92 Å². The summed E-state index contributed by atoms with van der Waals surface area (Å²) in [7, 11) is 0. The molecule has 0 bridgehead atoms. The number of ether oxygens (including phenoxy) is 1. The smallest absolute Gasteiger partial charge is 0.193 e. The van der Waals surface area contributed by atoms with Gasteiger partial charge in [-0.05, 0) is 24.5 Å². The van der Waals surface area contributed by atoms with E-state index in [1.807, 2.05) is 18.2 Å². The van der Waals surface area contributed by atoms with Crippen LogP contribution in [0.15, 0.2) is 28.9 Å². The van der Waals surface area contributed by atoms with E-state index < -0.39 is 0 Å². The number of carbonyl (C=O) groups is 1. The van der Waals surface area contributed by atoms with Crippen molar-refractivity contribution in [3.8, 4) is 0 Å². The van der Waals surface area contributed by atoms with Gasteiger partial charge in [0.2, 0.25) is 0 Å². The molecule has 1 aromatic carbocycles. The van der Waals surface area contributed by atoms with Crippen molar-refractivity contribution in [3.05, 3.63) is 34.4 Å². The summed E-state index contributed by atoms with van der Waals surface area (Å²) < 4.78 is 6.55. The Morgan fingerprint density at radius 2 is 2.33 bits per heavy atom. The van der Waals surface area contributed by atoms with E-state index >= 15 is 0 Å². The van der Waals surface area contributed by atoms with Gasteiger partial charge < -0.3 is 9.72 Å². The molecular formula is C14H14BrNO2. The molecule has 1 aromatic heterocycles. The summed E-state index contributed by atoms with van der Waals surface area (Å²) in [5.41, 5.74) is 1.70. The van der Waals surface area contributed by atoms with Crippen LogP contribution in [0.5, 0.6) is 0 Å². The minimum absolute atomic E-state index is 0.0913. The molecule has 2 atom stereocenters. The monoisotopic (exact) mass is 307 g/mol. The second-order valence-electron chi connectivity index (χ2n) is 4.81. The van der Waals surface area contributed by atoms with Crippen LogP contribution >= 0.6 is 15.9 Å². The van der Waals surface area contributed by atoms with E-state index in [9.17, 15) is 4.79 Å². The fraction of sp³-hybridized carbons (Fsp3) is 0.357. The van der Waals surface area contributed by atoms with E-state index in [-0.39, 0.29) is 11.9 Å². The maximum Gasteiger partial charge on any atom is 0.193 e. The molecule has 1 saturated heterocycles. The summed E-state index contributed by atoms with van der Waals surface area (Å²) in [6.45, 7) is 2.76. The SMILES string of the molecule is CC1CCOC1C(=O)c1c[nH]c2cc(Br)ccc12. The molecule has 2 unspecified atom stereocenters. The molecule has 1 fully saturated rings. The maximum atomic E-state index is 12.5. The van der Waals surface area contributed by atoms with Gasteiger partial charge in [-0.3, -0.25) is 4.79 Å². The number of fused-ring (bicyclic) bond motifs is 1. The average molecular weight is 308 g/mol. The lowest BCUT2D eigenvalue weighted by Crippen LogP contribution is -2.24. The molecule has 0 aliphatic carbocycles. The number of H-pyrrole nitrogens is 1. The van der Waals surface area contributed by atoms with Crippen LogP contribution in [0.3, 0.4) is 0 Å². The van der Waals surface area contributed by atoms with Gasteiger partial charge in [0.25, 0.3) is 0 Å². The predicted molar refractivity (Wildman–Crippen MR) is 73.9 cm³/mol. The molecule has 0 amide bonds. The number of ketones is 1. The fourth-order valence-electron chi connectivity index (χ4n) is 2.49. The number of Topliss-reactive ketones (excluding diaryl/α,β-unsaturated/α-hetero) is 1. The summed E-state index contributed by atoms with van der Waals surface area (Å²) in [4.78, 5) is 15.6. The highest BCUT2D eigenvalue weighted by Crippen LogP contribution is 2.28. The molecule has 1 N–H and O–H groups in total. The van der Waals surface area contributed by atoms with Crippen molar-refractivity contribution in [2.75, 3.05) is 6.61 Å². The van der Waals surface area contributed by atoms with Gasteiger partial charge in [0.15, 0.2) is 5.78 Å². The van der Waals surface area contributed by atoms with Gasteiger partial charge in [-0.25, -0.2) is 0 Å². The molecule has 1 aliphatic rings. The zero-order chi connectivity index (χ0) is 12.7. The Kier molecular flexibility index (Phi) is 2.99. The molecule has 3 rings (SSSR count). The number of aromatic amines is 1. The first-order valence-corrected chi connectivity index (χ1v) is 6.88. The normalized spacial score (nSPS) is 23.7. The van der Waals surface area contributed by atoms with Gasteiger partial charge >= 0.3 is 0 Å². The summed E-state index contributed by atoms with van der Waals surface area (Å²) in [6.07, 6.45) is 2.46. The van der Waals surface area contributed by atoms with Gasteiger partial charge in [0, 0.05) is 33.7 Å². The van der Waals surface area contributed by atoms with Gasteiger partial charge in [0.1, 0.15) is 6.10 Å². The van der Waals surface area contributed by atoms with Crippen LogP contribution in [-0.4, -0.2) is 23.5 Å². The van der Waals surface area contributed by atoms with Crippen molar-refractivity contribution < 1.29 is 9.53 Å². The number of halogens is 1. The number of hydrogen-bond donors (Lipinski definition) is 1. The highest BCUT2D eigenvalue weighted by atomic mass is 79.9. The summed E-state index contributed by atoms with van der Waals surface area (Å²) in [6, 6.07) is 5.89. The number of carbonyl (C=O) groups excluding carboxylic acids is 1. The first kappa shape index (κ1) is 11.9. The van der Waals surface area contributed by atoms with Gasteiger partial charge in [-0.2, -0.15) is 0 Å². The van der Waals surface area contributed by atoms with Crippen LogP contribution in [-0.2, 0) is 4.74 Å². The van der Waals surface area contributed by atoms with E-state index in [1.54, 1.807) is 6.20 Å². The van der Waals surface area contributed by atoms with Gasteiger partial charge in [-0.15, -0.1) is 0 Å². The number of rotatable bonds is 2. The predicted octanol–water partition coefficient (Wildman–Crippen LogP) is 3.54. The Labute approximate surface area is 114 Å². The van der Waals surface area contributed by atoms with Crippen LogP contribution in [0.4, 0.5) is 0 Å². The molecular weight excluding hydrogens is 294 g/mol. The molecule has 2 aromatic rings. The van der Waals surface area contributed by atoms with Gasteiger partial charge in [0.05, 0.1) is 0 Å². The van der Waals surface area contributed by atoms with E-state index in [0.29, 0.717) is 12.5 Å². The van der Waals surface area contributed by atoms with Crippen molar-refractivity contribution in [1.29, 1.82) is 0 Å². The molecule has 0 radical (unpaired) electrons. The molecule has 1 aliphatic heterocycles. The zero-order valence-electron chi connectivity index (χ0n) is 10.1. The largest absolute Gasteiger partial charge is 0.370 e.